The van der Waals surface area contributed by atoms with E-state index in [4.69, 9.17) is 16.3 Å². The minimum Gasteiger partial charge on any atom is -0.483 e. The van der Waals surface area contributed by atoms with Gasteiger partial charge in [-0.3, -0.25) is 14.5 Å². The van der Waals surface area contributed by atoms with E-state index in [1.54, 1.807) is 0 Å². The standard InChI is InChI=1S/C27H34ClN3O3/c28-21-11-12-25(24(17-21)20-7-3-1-4-8-20)34-19-27(33)30-23-13-15-31(16-14-23)18-26(32)29-22-9-5-2-6-10-22/h2,5-6,9-12,17,20,23H,1,3-4,7-8,13-16,18-19H2,(H,29,32)(H,30,33). The topological polar surface area (TPSA) is 70.7 Å². The molecule has 0 aromatic heterocycles. The smallest absolute Gasteiger partial charge is 0.258 e. The van der Waals surface area contributed by atoms with Crippen LogP contribution in [0.25, 0.3) is 0 Å². The third kappa shape index (κ3) is 7.21. The lowest BCUT2D eigenvalue weighted by Crippen LogP contribution is -2.47. The van der Waals surface area contributed by atoms with Crippen LogP contribution in [0.3, 0.4) is 0 Å². The summed E-state index contributed by atoms with van der Waals surface area (Å²) in [7, 11) is 0. The highest BCUT2D eigenvalue weighted by Crippen LogP contribution is 2.38. The van der Waals surface area contributed by atoms with E-state index in [1.807, 2.05) is 48.5 Å². The number of hydrogen-bond donors (Lipinski definition) is 2. The average molecular weight is 484 g/mol. The predicted molar refractivity (Wildman–Crippen MR) is 135 cm³/mol. The van der Waals surface area contributed by atoms with Crippen molar-refractivity contribution in [3.05, 3.63) is 59.1 Å². The van der Waals surface area contributed by atoms with Crippen molar-refractivity contribution in [2.45, 2.75) is 56.9 Å². The third-order valence-electron chi connectivity index (χ3n) is 6.75. The van der Waals surface area contributed by atoms with Crippen LogP contribution in [-0.4, -0.2) is 49.0 Å². The summed E-state index contributed by atoms with van der Waals surface area (Å²) >= 11 is 6.25. The van der Waals surface area contributed by atoms with Gasteiger partial charge in [0.2, 0.25) is 5.91 Å². The first kappa shape index (κ1) is 24.6. The van der Waals surface area contributed by atoms with Crippen molar-refractivity contribution in [3.8, 4) is 5.75 Å². The quantitative estimate of drug-likeness (QED) is 0.555. The number of carbonyl (C=O) groups excluding carboxylic acids is 2. The lowest BCUT2D eigenvalue weighted by molar-refractivity contribution is -0.124. The normalized spacial score (nSPS) is 17.8. The zero-order valence-corrected chi connectivity index (χ0v) is 20.4. The lowest BCUT2D eigenvalue weighted by Gasteiger charge is -2.31. The Labute approximate surface area is 207 Å². The van der Waals surface area contributed by atoms with Crippen molar-refractivity contribution in [2.24, 2.45) is 0 Å². The zero-order chi connectivity index (χ0) is 23.8. The molecule has 182 valence electrons. The largest absolute Gasteiger partial charge is 0.483 e. The van der Waals surface area contributed by atoms with E-state index in [9.17, 15) is 9.59 Å². The van der Waals surface area contributed by atoms with E-state index < -0.39 is 0 Å². The summed E-state index contributed by atoms with van der Waals surface area (Å²) in [5.41, 5.74) is 1.93. The van der Waals surface area contributed by atoms with Crippen molar-refractivity contribution < 1.29 is 14.3 Å². The molecule has 2 fully saturated rings. The number of halogens is 1. The molecule has 1 saturated carbocycles. The number of para-hydroxylation sites is 1. The van der Waals surface area contributed by atoms with Crippen molar-refractivity contribution in [3.63, 3.8) is 0 Å². The van der Waals surface area contributed by atoms with E-state index in [1.165, 1.54) is 19.3 Å². The second-order valence-corrected chi connectivity index (χ2v) is 9.77. The van der Waals surface area contributed by atoms with Crippen molar-refractivity contribution in [1.29, 1.82) is 0 Å². The van der Waals surface area contributed by atoms with Gasteiger partial charge in [-0.15, -0.1) is 0 Å². The molecular formula is C27H34ClN3O3. The molecule has 0 spiro atoms. The number of nitrogens with zero attached hydrogens (tertiary/aromatic N) is 1. The van der Waals surface area contributed by atoms with Gasteiger partial charge in [0.25, 0.3) is 5.91 Å². The van der Waals surface area contributed by atoms with Crippen LogP contribution in [0.4, 0.5) is 5.69 Å². The van der Waals surface area contributed by atoms with Crippen LogP contribution < -0.4 is 15.4 Å². The summed E-state index contributed by atoms with van der Waals surface area (Å²) in [6, 6.07) is 15.3. The molecule has 0 radical (unpaired) electrons. The van der Waals surface area contributed by atoms with Gasteiger partial charge in [0, 0.05) is 29.8 Å². The molecular weight excluding hydrogens is 450 g/mol. The number of carbonyl (C=O) groups is 2. The Balaban J connectivity index is 1.19. The molecule has 2 aromatic rings. The number of nitrogens with one attached hydrogen (secondary N) is 2. The number of ether oxygens (including phenoxy) is 1. The van der Waals surface area contributed by atoms with Crippen molar-refractivity contribution in [2.75, 3.05) is 31.6 Å². The Kier molecular flexibility index (Phi) is 8.83. The number of hydrogen-bond acceptors (Lipinski definition) is 4. The molecule has 0 atom stereocenters. The number of rotatable bonds is 8. The fourth-order valence-corrected chi connectivity index (χ4v) is 5.14. The van der Waals surface area contributed by atoms with Gasteiger partial charge in [-0.25, -0.2) is 0 Å². The van der Waals surface area contributed by atoms with Crippen LogP contribution in [0.1, 0.15) is 56.4 Å². The molecule has 1 aliphatic carbocycles. The zero-order valence-electron chi connectivity index (χ0n) is 19.6. The number of likely N-dealkylation sites (tertiary alicyclic amines) is 1. The van der Waals surface area contributed by atoms with Gasteiger partial charge in [-0.2, -0.15) is 0 Å². The molecule has 2 N–H and O–H groups in total. The van der Waals surface area contributed by atoms with Crippen molar-refractivity contribution >= 4 is 29.1 Å². The Bertz CT molecular complexity index is 955. The third-order valence-corrected chi connectivity index (χ3v) is 6.99. The SMILES string of the molecule is O=C(CN1CCC(NC(=O)COc2ccc(Cl)cc2C2CCCCC2)CC1)Nc1ccccc1. The lowest BCUT2D eigenvalue weighted by atomic mass is 9.84. The molecule has 4 rings (SSSR count). The highest BCUT2D eigenvalue weighted by atomic mass is 35.5. The van der Waals surface area contributed by atoms with Crippen LogP contribution in [0.2, 0.25) is 5.02 Å². The maximum atomic E-state index is 12.6. The van der Waals surface area contributed by atoms with Gasteiger partial charge >= 0.3 is 0 Å². The summed E-state index contributed by atoms with van der Waals surface area (Å²) in [6.45, 7) is 1.91. The molecule has 1 heterocycles. The van der Waals surface area contributed by atoms with E-state index in [2.05, 4.69) is 15.5 Å². The first-order valence-electron chi connectivity index (χ1n) is 12.4. The molecule has 0 unspecified atom stereocenters. The second kappa shape index (κ2) is 12.2. The van der Waals surface area contributed by atoms with E-state index in [-0.39, 0.29) is 24.5 Å². The summed E-state index contributed by atoms with van der Waals surface area (Å²) in [6.07, 6.45) is 7.66. The summed E-state index contributed by atoms with van der Waals surface area (Å²) in [4.78, 5) is 27.0. The maximum Gasteiger partial charge on any atom is 0.258 e. The molecule has 6 nitrogen and oxygen atoms in total. The number of anilines is 1. The first-order valence-corrected chi connectivity index (χ1v) is 12.7. The van der Waals surface area contributed by atoms with E-state index in [0.29, 0.717) is 17.5 Å². The van der Waals surface area contributed by atoms with Gasteiger partial charge in [0.05, 0.1) is 6.54 Å². The fraction of sp³-hybridized carbons (Fsp3) is 0.481. The number of benzene rings is 2. The molecule has 2 aliphatic rings. The number of amides is 2. The minimum atomic E-state index is -0.107. The van der Waals surface area contributed by atoms with Crippen LogP contribution in [0.15, 0.2) is 48.5 Å². The van der Waals surface area contributed by atoms with Gasteiger partial charge in [-0.05, 0) is 67.5 Å². The predicted octanol–water partition coefficient (Wildman–Crippen LogP) is 4.99. The van der Waals surface area contributed by atoms with Gasteiger partial charge in [-0.1, -0.05) is 49.1 Å². The monoisotopic (exact) mass is 483 g/mol. The summed E-state index contributed by atoms with van der Waals surface area (Å²) in [5, 5.41) is 6.73. The molecule has 1 saturated heterocycles. The molecule has 0 bridgehead atoms. The first-order chi connectivity index (χ1) is 16.6. The van der Waals surface area contributed by atoms with E-state index in [0.717, 1.165) is 55.8 Å². The molecule has 2 aromatic carbocycles. The van der Waals surface area contributed by atoms with Crippen LogP contribution in [-0.2, 0) is 9.59 Å². The Morgan fingerprint density at radius 1 is 0.941 bits per heavy atom. The molecule has 7 heteroatoms. The van der Waals surface area contributed by atoms with Crippen LogP contribution in [0, 0.1) is 0 Å². The Morgan fingerprint density at radius 2 is 1.68 bits per heavy atom. The molecule has 34 heavy (non-hydrogen) atoms. The Hall–Kier alpha value is -2.57. The average Bonchev–Trinajstić information content (AvgIpc) is 2.85. The minimum absolute atomic E-state index is 0.00104. The van der Waals surface area contributed by atoms with Crippen molar-refractivity contribution in [1.82, 2.24) is 10.2 Å². The van der Waals surface area contributed by atoms with Crippen LogP contribution in [0.5, 0.6) is 5.75 Å². The van der Waals surface area contributed by atoms with E-state index >= 15 is 0 Å². The maximum absolute atomic E-state index is 12.6. The van der Waals surface area contributed by atoms with Gasteiger partial charge in [0.15, 0.2) is 6.61 Å². The second-order valence-electron chi connectivity index (χ2n) is 9.34. The van der Waals surface area contributed by atoms with Gasteiger partial charge in [0.1, 0.15) is 5.75 Å². The molecule has 1 aliphatic heterocycles. The highest BCUT2D eigenvalue weighted by molar-refractivity contribution is 6.30. The number of piperidine rings is 1. The molecule has 2 amide bonds. The summed E-state index contributed by atoms with van der Waals surface area (Å²) in [5.74, 6) is 1.10. The summed E-state index contributed by atoms with van der Waals surface area (Å²) < 4.78 is 5.95. The van der Waals surface area contributed by atoms with Gasteiger partial charge < -0.3 is 15.4 Å². The Morgan fingerprint density at radius 3 is 2.41 bits per heavy atom. The fourth-order valence-electron chi connectivity index (χ4n) is 4.96. The van der Waals surface area contributed by atoms with Crippen LogP contribution >= 0.6 is 11.6 Å². The highest BCUT2D eigenvalue weighted by Gasteiger charge is 2.23.